The van der Waals surface area contributed by atoms with Crippen molar-refractivity contribution in [1.82, 2.24) is 5.32 Å². The highest BCUT2D eigenvalue weighted by atomic mass is 16.7. The van der Waals surface area contributed by atoms with Crippen molar-refractivity contribution in [1.29, 1.82) is 0 Å². The molecule has 1 aliphatic heterocycles. The normalized spacial score (nSPS) is 20.3. The van der Waals surface area contributed by atoms with Gasteiger partial charge in [0.05, 0.1) is 25.4 Å². The highest BCUT2D eigenvalue weighted by molar-refractivity contribution is 5.80. The number of nitrogens with one attached hydrogen (secondary N) is 1. The molecule has 6 N–H and O–H groups in total. The number of carbonyl (C=O) groups excluding carboxylic acids is 2. The molecule has 392 valence electrons. The monoisotopic (exact) mass is 950 g/mol. The van der Waals surface area contributed by atoms with Crippen LogP contribution in [0.4, 0.5) is 0 Å². The van der Waals surface area contributed by atoms with Crippen molar-refractivity contribution in [3.05, 3.63) is 36.5 Å². The molecule has 67 heavy (non-hydrogen) atoms. The van der Waals surface area contributed by atoms with Gasteiger partial charge in [-0.1, -0.05) is 224 Å². The summed E-state index contributed by atoms with van der Waals surface area (Å²) in [4.78, 5) is 26.4. The molecule has 1 aliphatic rings. The Morgan fingerprint density at radius 1 is 0.582 bits per heavy atom. The van der Waals surface area contributed by atoms with E-state index in [9.17, 15) is 35.1 Å². The fourth-order valence-electron chi connectivity index (χ4n) is 8.58. The van der Waals surface area contributed by atoms with E-state index in [1.54, 1.807) is 6.08 Å². The number of unbranched alkanes of at least 4 members (excludes halogenated alkanes) is 29. The van der Waals surface area contributed by atoms with E-state index in [0.29, 0.717) is 19.3 Å². The number of aliphatic hydroxyl groups is 5. The van der Waals surface area contributed by atoms with Crippen LogP contribution in [0.25, 0.3) is 0 Å². The van der Waals surface area contributed by atoms with Gasteiger partial charge in [-0.15, -0.1) is 0 Å². The van der Waals surface area contributed by atoms with Crippen molar-refractivity contribution < 1.29 is 49.3 Å². The number of rotatable bonds is 46. The van der Waals surface area contributed by atoms with Gasteiger partial charge in [0.2, 0.25) is 5.91 Å². The molecule has 8 atom stereocenters. The smallest absolute Gasteiger partial charge is 0.306 e. The van der Waals surface area contributed by atoms with Gasteiger partial charge in [0.15, 0.2) is 12.4 Å². The first kappa shape index (κ1) is 62.9. The van der Waals surface area contributed by atoms with Crippen molar-refractivity contribution in [3.63, 3.8) is 0 Å². The predicted octanol–water partition coefficient (Wildman–Crippen LogP) is 11.9. The van der Waals surface area contributed by atoms with Gasteiger partial charge >= 0.3 is 5.97 Å². The number of esters is 1. The molecular formula is C56H103NO10. The van der Waals surface area contributed by atoms with Gasteiger partial charge in [-0.2, -0.15) is 0 Å². The molecule has 1 saturated heterocycles. The van der Waals surface area contributed by atoms with Crippen LogP contribution in [0.1, 0.15) is 245 Å². The summed E-state index contributed by atoms with van der Waals surface area (Å²) < 4.78 is 17.5. The molecule has 8 unspecified atom stereocenters. The number of amides is 1. The summed E-state index contributed by atoms with van der Waals surface area (Å²) in [6.45, 7) is 5.73. The number of ether oxygens (including phenoxy) is 3. The van der Waals surface area contributed by atoms with Crippen LogP contribution in [0.2, 0.25) is 0 Å². The highest BCUT2D eigenvalue weighted by Crippen LogP contribution is 2.26. The van der Waals surface area contributed by atoms with Crippen LogP contribution >= 0.6 is 0 Å². The second-order valence-corrected chi connectivity index (χ2v) is 19.4. The first-order valence-electron chi connectivity index (χ1n) is 27.8. The molecule has 0 aromatic heterocycles. The van der Waals surface area contributed by atoms with Crippen LogP contribution in [0.5, 0.6) is 0 Å². The van der Waals surface area contributed by atoms with Gasteiger partial charge in [-0.05, 0) is 51.4 Å². The van der Waals surface area contributed by atoms with Crippen LogP contribution in [0.3, 0.4) is 0 Å². The summed E-state index contributed by atoms with van der Waals surface area (Å²) >= 11 is 0. The van der Waals surface area contributed by atoms with Crippen molar-refractivity contribution in [2.45, 2.75) is 294 Å². The molecule has 0 radical (unpaired) electrons. The molecule has 11 heteroatoms. The van der Waals surface area contributed by atoms with E-state index >= 15 is 0 Å². The standard InChI is InChI=1S/C56H103NO10/c1-4-7-10-13-16-19-22-24-25-26-29-32-35-38-41-44-51(61)67-54-53(63)52(62)50(45-58)66-56(54)65-46-47(48(59)42-39-36-33-30-27-21-18-15-12-9-6-3)57-55(64)49(60)43-40-37-34-31-28-23-20-17-14-11-8-5-2/h16,19,22,24,39,42,47-50,52-54,56,58-60,62-63H,4-15,17-18,20-21,23,25-38,40-41,43-46H2,1-3H3,(H,57,64)/b19-16+,24-22+,42-39+. The first-order valence-corrected chi connectivity index (χ1v) is 27.8. The average molecular weight is 950 g/mol. The average Bonchev–Trinajstić information content (AvgIpc) is 3.32. The van der Waals surface area contributed by atoms with Gasteiger partial charge in [-0.25, -0.2) is 0 Å². The third-order valence-corrected chi connectivity index (χ3v) is 13.1. The Bertz CT molecular complexity index is 1230. The summed E-state index contributed by atoms with van der Waals surface area (Å²) in [6.07, 6.45) is 40.4. The van der Waals surface area contributed by atoms with Crippen molar-refractivity contribution >= 4 is 11.9 Å². The third-order valence-electron chi connectivity index (χ3n) is 13.1. The Kier molecular flexibility index (Phi) is 42.3. The molecule has 1 fully saturated rings. The number of carbonyl (C=O) groups is 2. The Morgan fingerprint density at radius 3 is 1.52 bits per heavy atom. The summed E-state index contributed by atoms with van der Waals surface area (Å²) in [7, 11) is 0. The topological polar surface area (TPSA) is 175 Å². The third kappa shape index (κ3) is 34.0. The molecule has 11 nitrogen and oxygen atoms in total. The van der Waals surface area contributed by atoms with Gasteiger partial charge in [0.25, 0.3) is 0 Å². The Hall–Kier alpha value is -2.12. The maximum Gasteiger partial charge on any atom is 0.306 e. The SMILES string of the molecule is CCCCC/C=C/C=C/CCCCCCCCC(=O)OC1C(OCC(NC(=O)C(O)CCCCCCCCCCCCCC)C(O)/C=C/CCCCCCCCCCC)OC(CO)C(O)C1O. The zero-order valence-corrected chi connectivity index (χ0v) is 43.0. The van der Waals surface area contributed by atoms with E-state index in [2.05, 4.69) is 50.4 Å². The van der Waals surface area contributed by atoms with E-state index in [1.807, 2.05) is 6.08 Å². The maximum absolute atomic E-state index is 13.3. The Labute approximate surface area is 409 Å². The highest BCUT2D eigenvalue weighted by Gasteiger charge is 2.47. The fraction of sp³-hybridized carbons (Fsp3) is 0.857. The first-order chi connectivity index (χ1) is 32.7. The lowest BCUT2D eigenvalue weighted by Gasteiger charge is -2.41. The minimum Gasteiger partial charge on any atom is -0.454 e. The summed E-state index contributed by atoms with van der Waals surface area (Å²) in [5.74, 6) is -1.20. The van der Waals surface area contributed by atoms with Crippen LogP contribution in [-0.2, 0) is 23.8 Å². The molecule has 1 heterocycles. The zero-order valence-electron chi connectivity index (χ0n) is 43.0. The molecule has 0 aromatic carbocycles. The van der Waals surface area contributed by atoms with E-state index in [0.717, 1.165) is 83.5 Å². The summed E-state index contributed by atoms with van der Waals surface area (Å²) in [6, 6.07) is -1.02. The van der Waals surface area contributed by atoms with E-state index in [4.69, 9.17) is 14.2 Å². The molecule has 0 aliphatic carbocycles. The minimum absolute atomic E-state index is 0.112. The van der Waals surface area contributed by atoms with E-state index in [1.165, 1.54) is 116 Å². The number of aliphatic hydroxyl groups excluding tert-OH is 5. The van der Waals surface area contributed by atoms with Crippen LogP contribution in [0.15, 0.2) is 36.5 Å². The Morgan fingerprint density at radius 2 is 1.01 bits per heavy atom. The molecule has 0 saturated carbocycles. The van der Waals surface area contributed by atoms with E-state index < -0.39 is 67.4 Å². The number of hydrogen-bond donors (Lipinski definition) is 6. The van der Waals surface area contributed by atoms with Crippen LogP contribution in [-0.4, -0.2) is 99.6 Å². The van der Waals surface area contributed by atoms with Gasteiger partial charge in [-0.3, -0.25) is 9.59 Å². The molecule has 1 amide bonds. The molecule has 0 aromatic rings. The minimum atomic E-state index is -1.61. The summed E-state index contributed by atoms with van der Waals surface area (Å²) in [5, 5.41) is 56.7. The lowest BCUT2D eigenvalue weighted by Crippen LogP contribution is -2.61. The number of hydrogen-bond acceptors (Lipinski definition) is 10. The van der Waals surface area contributed by atoms with Crippen molar-refractivity contribution in [2.75, 3.05) is 13.2 Å². The Balaban J connectivity index is 2.75. The second-order valence-electron chi connectivity index (χ2n) is 19.4. The van der Waals surface area contributed by atoms with Gasteiger partial charge < -0.3 is 45.1 Å². The molecule has 0 spiro atoms. The second kappa shape index (κ2) is 45.0. The van der Waals surface area contributed by atoms with Crippen LogP contribution in [0, 0.1) is 0 Å². The summed E-state index contributed by atoms with van der Waals surface area (Å²) in [5.41, 5.74) is 0. The molecular weight excluding hydrogens is 847 g/mol. The number of allylic oxidation sites excluding steroid dienone is 5. The molecule has 1 rings (SSSR count). The van der Waals surface area contributed by atoms with Gasteiger partial charge in [0, 0.05) is 6.42 Å². The fourth-order valence-corrected chi connectivity index (χ4v) is 8.58. The zero-order chi connectivity index (χ0) is 49.0. The lowest BCUT2D eigenvalue weighted by atomic mass is 9.99. The van der Waals surface area contributed by atoms with E-state index in [-0.39, 0.29) is 13.0 Å². The van der Waals surface area contributed by atoms with Gasteiger partial charge in [0.1, 0.15) is 24.4 Å². The maximum atomic E-state index is 13.3. The van der Waals surface area contributed by atoms with Crippen LogP contribution < -0.4 is 5.32 Å². The molecule has 0 bridgehead atoms. The lowest BCUT2D eigenvalue weighted by molar-refractivity contribution is -0.305. The van der Waals surface area contributed by atoms with Crippen molar-refractivity contribution in [3.8, 4) is 0 Å². The van der Waals surface area contributed by atoms with Crippen molar-refractivity contribution in [2.24, 2.45) is 0 Å². The largest absolute Gasteiger partial charge is 0.454 e. The predicted molar refractivity (Wildman–Crippen MR) is 274 cm³/mol. The quantitative estimate of drug-likeness (QED) is 0.0149.